The van der Waals surface area contributed by atoms with Crippen molar-refractivity contribution in [2.24, 2.45) is 0 Å². The zero-order valence-corrected chi connectivity index (χ0v) is 16.3. The van der Waals surface area contributed by atoms with E-state index in [-0.39, 0.29) is 24.9 Å². The van der Waals surface area contributed by atoms with E-state index in [4.69, 9.17) is 4.74 Å². The van der Waals surface area contributed by atoms with Crippen LogP contribution in [0.15, 0.2) is 24.3 Å². The van der Waals surface area contributed by atoms with E-state index in [9.17, 15) is 14.9 Å². The summed E-state index contributed by atoms with van der Waals surface area (Å²) in [7, 11) is 4.98. The molecule has 1 aliphatic rings. The zero-order chi connectivity index (χ0) is 19.9. The molecule has 1 aromatic rings. The van der Waals surface area contributed by atoms with Gasteiger partial charge in [0.15, 0.2) is 0 Å². The number of likely N-dealkylation sites (N-methyl/N-ethyl adjacent to an activating group) is 2. The number of amides is 2. The van der Waals surface area contributed by atoms with Crippen LogP contribution in [0.2, 0.25) is 0 Å². The Kier molecular flexibility index (Phi) is 7.19. The molecule has 2 amide bonds. The van der Waals surface area contributed by atoms with E-state index in [0.29, 0.717) is 24.3 Å². The van der Waals surface area contributed by atoms with Crippen molar-refractivity contribution in [1.82, 2.24) is 9.80 Å². The van der Waals surface area contributed by atoms with Gasteiger partial charge < -0.3 is 15.0 Å². The van der Waals surface area contributed by atoms with Gasteiger partial charge in [-0.1, -0.05) is 25.3 Å². The summed E-state index contributed by atoms with van der Waals surface area (Å²) in [4.78, 5) is 28.1. The van der Waals surface area contributed by atoms with Gasteiger partial charge in [-0.15, -0.1) is 0 Å². The Morgan fingerprint density at radius 2 is 1.93 bits per heavy atom. The van der Waals surface area contributed by atoms with Crippen LogP contribution in [0.25, 0.3) is 0 Å². The molecule has 0 aromatic heterocycles. The van der Waals surface area contributed by atoms with Gasteiger partial charge in [-0.3, -0.25) is 14.5 Å². The molecule has 7 heteroatoms. The summed E-state index contributed by atoms with van der Waals surface area (Å²) in [5, 5.41) is 12.4. The lowest BCUT2D eigenvalue weighted by molar-refractivity contribution is -0.136. The van der Waals surface area contributed by atoms with Crippen LogP contribution in [-0.2, 0) is 9.59 Å². The zero-order valence-electron chi connectivity index (χ0n) is 16.3. The highest BCUT2D eigenvalue weighted by atomic mass is 16.5. The van der Waals surface area contributed by atoms with Crippen molar-refractivity contribution in [3.8, 4) is 11.8 Å². The van der Waals surface area contributed by atoms with Crippen molar-refractivity contribution < 1.29 is 14.3 Å². The maximum Gasteiger partial charge on any atom is 0.238 e. The number of ether oxygens (including phenoxy) is 1. The van der Waals surface area contributed by atoms with E-state index < -0.39 is 5.54 Å². The number of methoxy groups -OCH3 is 1. The summed E-state index contributed by atoms with van der Waals surface area (Å²) < 4.78 is 5.14. The average molecular weight is 372 g/mol. The fraction of sp³-hybridized carbons (Fsp3) is 0.550. The number of nitrogens with one attached hydrogen (secondary N) is 1. The Hall–Kier alpha value is -2.59. The molecule has 1 N–H and O–H groups in total. The van der Waals surface area contributed by atoms with Gasteiger partial charge >= 0.3 is 0 Å². The second kappa shape index (κ2) is 9.38. The lowest BCUT2D eigenvalue weighted by Crippen LogP contribution is -2.52. The number of benzene rings is 1. The summed E-state index contributed by atoms with van der Waals surface area (Å²) in [6.07, 6.45) is 4.46. The number of nitrogens with zero attached hydrogens (tertiary/aromatic N) is 3. The topological polar surface area (TPSA) is 85.7 Å². The monoisotopic (exact) mass is 372 g/mol. The number of rotatable bonds is 7. The summed E-state index contributed by atoms with van der Waals surface area (Å²) in [6, 6.07) is 9.45. The van der Waals surface area contributed by atoms with Crippen LogP contribution in [0.5, 0.6) is 5.75 Å². The van der Waals surface area contributed by atoms with Crippen LogP contribution in [0.3, 0.4) is 0 Å². The predicted octanol–water partition coefficient (Wildman–Crippen LogP) is 2.25. The minimum atomic E-state index is -0.709. The van der Waals surface area contributed by atoms with Gasteiger partial charge in [0.1, 0.15) is 11.3 Å². The maximum absolute atomic E-state index is 12.6. The second-order valence-electron chi connectivity index (χ2n) is 7.11. The first-order valence-corrected chi connectivity index (χ1v) is 9.20. The highest BCUT2D eigenvalue weighted by molar-refractivity contribution is 5.92. The molecule has 0 unspecified atom stereocenters. The number of anilines is 1. The van der Waals surface area contributed by atoms with E-state index >= 15 is 0 Å². The third-order valence-corrected chi connectivity index (χ3v) is 5.08. The fourth-order valence-corrected chi connectivity index (χ4v) is 3.44. The van der Waals surface area contributed by atoms with Crippen molar-refractivity contribution in [3.63, 3.8) is 0 Å². The van der Waals surface area contributed by atoms with Gasteiger partial charge in [0.2, 0.25) is 11.8 Å². The van der Waals surface area contributed by atoms with Gasteiger partial charge in [-0.2, -0.15) is 5.26 Å². The van der Waals surface area contributed by atoms with E-state index in [1.165, 1.54) is 0 Å². The molecule has 1 aromatic carbocycles. The largest absolute Gasteiger partial charge is 0.497 e. The molecule has 2 rings (SSSR count). The molecular weight excluding hydrogens is 344 g/mol. The van der Waals surface area contributed by atoms with Crippen LogP contribution in [0.1, 0.15) is 32.1 Å². The number of hydrogen-bond donors (Lipinski definition) is 1. The average Bonchev–Trinajstić information content (AvgIpc) is 2.67. The quantitative estimate of drug-likeness (QED) is 0.793. The number of carbonyl (C=O) groups is 2. The summed E-state index contributed by atoms with van der Waals surface area (Å²) in [6.45, 7) is 0.168. The van der Waals surface area contributed by atoms with Crippen molar-refractivity contribution in [1.29, 1.82) is 5.26 Å². The molecule has 0 radical (unpaired) electrons. The number of hydrogen-bond acceptors (Lipinski definition) is 5. The van der Waals surface area contributed by atoms with Gasteiger partial charge in [0.25, 0.3) is 0 Å². The molecule has 1 fully saturated rings. The molecule has 0 heterocycles. The maximum atomic E-state index is 12.6. The highest BCUT2D eigenvalue weighted by Crippen LogP contribution is 2.32. The molecule has 7 nitrogen and oxygen atoms in total. The number of nitriles is 1. The van der Waals surface area contributed by atoms with Gasteiger partial charge in [0, 0.05) is 18.8 Å². The fourth-order valence-electron chi connectivity index (χ4n) is 3.44. The molecule has 1 saturated carbocycles. The molecular formula is C20H28N4O3. The molecule has 0 bridgehead atoms. The Labute approximate surface area is 160 Å². The highest BCUT2D eigenvalue weighted by Gasteiger charge is 2.38. The number of carbonyl (C=O) groups excluding carboxylic acids is 2. The first-order chi connectivity index (χ1) is 12.9. The van der Waals surface area contributed by atoms with Crippen molar-refractivity contribution >= 4 is 17.5 Å². The molecule has 0 aliphatic heterocycles. The Balaban J connectivity index is 1.88. The van der Waals surface area contributed by atoms with Crippen LogP contribution in [0.4, 0.5) is 5.69 Å². The standard InChI is InChI=1S/C20H28N4O3/c1-23(13-18(25)22-16-8-7-9-17(12-16)27-3)14-19(26)24(2)20(15-21)10-5-4-6-11-20/h7-9,12H,4-6,10-11,13-14H2,1-3H3,(H,22,25). The lowest BCUT2D eigenvalue weighted by Gasteiger charge is -2.39. The second-order valence-corrected chi connectivity index (χ2v) is 7.11. The summed E-state index contributed by atoms with van der Waals surface area (Å²) in [5.74, 6) is 0.302. The first-order valence-electron chi connectivity index (χ1n) is 9.20. The van der Waals surface area contributed by atoms with Crippen LogP contribution in [0, 0.1) is 11.3 Å². The minimum Gasteiger partial charge on any atom is -0.497 e. The van der Waals surface area contributed by atoms with E-state index in [1.807, 2.05) is 0 Å². The van der Waals surface area contributed by atoms with Crippen LogP contribution < -0.4 is 10.1 Å². The molecule has 27 heavy (non-hydrogen) atoms. The van der Waals surface area contributed by atoms with Crippen molar-refractivity contribution in [2.75, 3.05) is 39.6 Å². The Morgan fingerprint density at radius 1 is 1.22 bits per heavy atom. The third-order valence-electron chi connectivity index (χ3n) is 5.08. The van der Waals surface area contributed by atoms with Crippen molar-refractivity contribution in [3.05, 3.63) is 24.3 Å². The SMILES string of the molecule is COc1cccc(NC(=O)CN(C)CC(=O)N(C)C2(C#N)CCCCC2)c1. The van der Waals surface area contributed by atoms with Gasteiger partial charge in [0.05, 0.1) is 26.3 Å². The Morgan fingerprint density at radius 3 is 2.56 bits per heavy atom. The van der Waals surface area contributed by atoms with Crippen LogP contribution >= 0.6 is 0 Å². The summed E-state index contributed by atoms with van der Waals surface area (Å²) >= 11 is 0. The van der Waals surface area contributed by atoms with E-state index in [2.05, 4.69) is 11.4 Å². The molecule has 0 spiro atoms. The Bertz CT molecular complexity index is 707. The molecule has 146 valence electrons. The normalized spacial score (nSPS) is 15.7. The van der Waals surface area contributed by atoms with Gasteiger partial charge in [-0.25, -0.2) is 0 Å². The third kappa shape index (κ3) is 5.44. The molecule has 0 saturated heterocycles. The van der Waals surface area contributed by atoms with Crippen LogP contribution in [-0.4, -0.2) is 61.4 Å². The molecule has 1 aliphatic carbocycles. The van der Waals surface area contributed by atoms with E-state index in [1.54, 1.807) is 55.3 Å². The smallest absolute Gasteiger partial charge is 0.238 e. The van der Waals surface area contributed by atoms with Gasteiger partial charge in [-0.05, 0) is 32.0 Å². The molecule has 0 atom stereocenters. The van der Waals surface area contributed by atoms with E-state index in [0.717, 1.165) is 19.3 Å². The predicted molar refractivity (Wildman–Crippen MR) is 103 cm³/mol. The van der Waals surface area contributed by atoms with Crippen molar-refractivity contribution in [2.45, 2.75) is 37.6 Å². The first kappa shape index (κ1) is 20.7. The lowest BCUT2D eigenvalue weighted by atomic mass is 9.81. The minimum absolute atomic E-state index is 0.0797. The summed E-state index contributed by atoms with van der Waals surface area (Å²) in [5.41, 5.74) is -0.0687.